The van der Waals surface area contributed by atoms with E-state index in [1.807, 2.05) is 0 Å². The van der Waals surface area contributed by atoms with Crippen molar-refractivity contribution in [3.63, 3.8) is 0 Å². The Morgan fingerprint density at radius 3 is 2.47 bits per heavy atom. The van der Waals surface area contributed by atoms with E-state index in [1.165, 1.54) is 0 Å². The molecular formula is C12H20BrN3O. The molecule has 1 aromatic rings. The molecular weight excluding hydrogens is 282 g/mol. The summed E-state index contributed by atoms with van der Waals surface area (Å²) in [6.07, 6.45) is 1.80. The van der Waals surface area contributed by atoms with E-state index in [-0.39, 0.29) is 6.10 Å². The van der Waals surface area contributed by atoms with E-state index in [1.54, 1.807) is 7.11 Å². The summed E-state index contributed by atoms with van der Waals surface area (Å²) >= 11 is 3.43. The first-order chi connectivity index (χ1) is 8.01. The van der Waals surface area contributed by atoms with Crippen molar-refractivity contribution < 1.29 is 4.74 Å². The van der Waals surface area contributed by atoms with Crippen LogP contribution in [-0.2, 0) is 11.2 Å². The number of methoxy groups -OCH3 is 1. The van der Waals surface area contributed by atoms with Crippen molar-refractivity contribution in [1.82, 2.24) is 9.97 Å². The van der Waals surface area contributed by atoms with Crippen molar-refractivity contribution in [1.29, 1.82) is 0 Å². The number of hydrogen-bond donors (Lipinski definition) is 1. The van der Waals surface area contributed by atoms with Gasteiger partial charge in [0.1, 0.15) is 11.9 Å². The zero-order valence-corrected chi connectivity index (χ0v) is 12.4. The van der Waals surface area contributed by atoms with Gasteiger partial charge in [0.05, 0.1) is 10.2 Å². The first-order valence-corrected chi connectivity index (χ1v) is 6.65. The van der Waals surface area contributed by atoms with Gasteiger partial charge >= 0.3 is 0 Å². The molecule has 1 aromatic heterocycles. The van der Waals surface area contributed by atoms with E-state index in [0.29, 0.717) is 17.6 Å². The lowest BCUT2D eigenvalue weighted by atomic mass is 10.1. The van der Waals surface area contributed by atoms with E-state index in [4.69, 9.17) is 10.5 Å². The Morgan fingerprint density at radius 1 is 1.35 bits per heavy atom. The normalized spacial score (nSPS) is 13.1. The van der Waals surface area contributed by atoms with Gasteiger partial charge in [0.25, 0.3) is 0 Å². The highest BCUT2D eigenvalue weighted by Crippen LogP contribution is 2.28. The highest BCUT2D eigenvalue weighted by molar-refractivity contribution is 9.10. The Kier molecular flexibility index (Phi) is 5.33. The third-order valence-corrected chi connectivity index (χ3v) is 3.43. The summed E-state index contributed by atoms with van der Waals surface area (Å²) < 4.78 is 6.24. The predicted octanol–water partition coefficient (Wildman–Crippen LogP) is 3.12. The standard InChI is InChI=1S/C12H20BrN3O/c1-5-6-8-9(13)11(14)16-12(15-8)10(17-4)7(2)3/h7,10H,5-6H2,1-4H3,(H2,14,15,16). The average molecular weight is 302 g/mol. The number of nitrogens with zero attached hydrogens (tertiary/aromatic N) is 2. The largest absolute Gasteiger partial charge is 0.383 e. The molecule has 0 aromatic carbocycles. The molecule has 0 radical (unpaired) electrons. The summed E-state index contributed by atoms with van der Waals surface area (Å²) in [6.45, 7) is 6.27. The fourth-order valence-electron chi connectivity index (χ4n) is 1.74. The maximum Gasteiger partial charge on any atom is 0.160 e. The summed E-state index contributed by atoms with van der Waals surface area (Å²) in [4.78, 5) is 8.86. The lowest BCUT2D eigenvalue weighted by Gasteiger charge is -2.19. The lowest BCUT2D eigenvalue weighted by molar-refractivity contribution is 0.0574. The fraction of sp³-hybridized carbons (Fsp3) is 0.667. The molecule has 0 saturated carbocycles. The molecule has 0 aliphatic heterocycles. The second-order valence-electron chi connectivity index (χ2n) is 4.38. The van der Waals surface area contributed by atoms with Gasteiger partial charge < -0.3 is 10.5 Å². The highest BCUT2D eigenvalue weighted by Gasteiger charge is 2.20. The second kappa shape index (κ2) is 6.31. The van der Waals surface area contributed by atoms with Crippen LogP contribution in [0, 0.1) is 5.92 Å². The zero-order chi connectivity index (χ0) is 13.0. The molecule has 4 nitrogen and oxygen atoms in total. The van der Waals surface area contributed by atoms with Gasteiger partial charge in [-0.2, -0.15) is 0 Å². The molecule has 0 aliphatic rings. The number of aromatic nitrogens is 2. The highest BCUT2D eigenvalue weighted by atomic mass is 79.9. The number of nitrogens with two attached hydrogens (primary N) is 1. The first kappa shape index (κ1) is 14.4. The molecule has 1 heterocycles. The van der Waals surface area contributed by atoms with Gasteiger partial charge in [-0.3, -0.25) is 0 Å². The Balaban J connectivity index is 3.16. The minimum atomic E-state index is -0.110. The predicted molar refractivity (Wildman–Crippen MR) is 72.7 cm³/mol. The van der Waals surface area contributed by atoms with Crippen LogP contribution in [0.25, 0.3) is 0 Å². The van der Waals surface area contributed by atoms with Crippen LogP contribution in [0.3, 0.4) is 0 Å². The molecule has 1 rings (SSSR count). The maximum atomic E-state index is 5.89. The number of nitrogen functional groups attached to an aromatic ring is 1. The summed E-state index contributed by atoms with van der Waals surface area (Å²) in [5, 5.41) is 0. The quantitative estimate of drug-likeness (QED) is 0.908. The second-order valence-corrected chi connectivity index (χ2v) is 5.17. The van der Waals surface area contributed by atoms with Crippen LogP contribution in [0.2, 0.25) is 0 Å². The average Bonchev–Trinajstić information content (AvgIpc) is 2.26. The Morgan fingerprint density at radius 2 is 2.00 bits per heavy atom. The molecule has 5 heteroatoms. The van der Waals surface area contributed by atoms with E-state index < -0.39 is 0 Å². The van der Waals surface area contributed by atoms with Crippen LogP contribution in [0.4, 0.5) is 5.82 Å². The van der Waals surface area contributed by atoms with Crippen LogP contribution in [0.5, 0.6) is 0 Å². The van der Waals surface area contributed by atoms with Gasteiger partial charge in [-0.25, -0.2) is 9.97 Å². The van der Waals surface area contributed by atoms with E-state index >= 15 is 0 Å². The summed E-state index contributed by atoms with van der Waals surface area (Å²) in [5.41, 5.74) is 6.85. The third-order valence-electron chi connectivity index (χ3n) is 2.56. The SMILES string of the molecule is CCCc1nc(C(OC)C(C)C)nc(N)c1Br. The van der Waals surface area contributed by atoms with Crippen LogP contribution in [0.15, 0.2) is 4.47 Å². The molecule has 1 unspecified atom stereocenters. The van der Waals surface area contributed by atoms with Crippen LogP contribution in [0.1, 0.15) is 44.8 Å². The van der Waals surface area contributed by atoms with Crippen LogP contribution in [-0.4, -0.2) is 17.1 Å². The maximum absolute atomic E-state index is 5.89. The van der Waals surface area contributed by atoms with E-state index in [2.05, 4.69) is 46.7 Å². The number of rotatable bonds is 5. The van der Waals surface area contributed by atoms with Gasteiger partial charge in [-0.05, 0) is 28.3 Å². The number of halogens is 1. The smallest absolute Gasteiger partial charge is 0.160 e. The summed E-state index contributed by atoms with van der Waals surface area (Å²) in [7, 11) is 1.67. The van der Waals surface area contributed by atoms with Crippen molar-refractivity contribution >= 4 is 21.7 Å². The first-order valence-electron chi connectivity index (χ1n) is 5.85. The van der Waals surface area contributed by atoms with E-state index in [0.717, 1.165) is 23.0 Å². The minimum Gasteiger partial charge on any atom is -0.383 e. The van der Waals surface area contributed by atoms with Crippen LogP contribution >= 0.6 is 15.9 Å². The lowest BCUT2D eigenvalue weighted by Crippen LogP contribution is -2.15. The monoisotopic (exact) mass is 301 g/mol. The molecule has 2 N–H and O–H groups in total. The molecule has 0 aliphatic carbocycles. The number of anilines is 1. The van der Waals surface area contributed by atoms with Crippen molar-refractivity contribution in [2.75, 3.05) is 12.8 Å². The van der Waals surface area contributed by atoms with Crippen molar-refractivity contribution in [3.8, 4) is 0 Å². The third kappa shape index (κ3) is 3.39. The number of ether oxygens (including phenoxy) is 1. The van der Waals surface area contributed by atoms with Gasteiger partial charge in [0, 0.05) is 7.11 Å². The minimum absolute atomic E-state index is 0.110. The summed E-state index contributed by atoms with van der Waals surface area (Å²) in [5.74, 6) is 1.47. The molecule has 96 valence electrons. The van der Waals surface area contributed by atoms with Crippen molar-refractivity contribution in [3.05, 3.63) is 16.0 Å². The fourth-order valence-corrected chi connectivity index (χ4v) is 2.11. The molecule has 0 bridgehead atoms. The van der Waals surface area contributed by atoms with Gasteiger partial charge in [-0.1, -0.05) is 27.2 Å². The van der Waals surface area contributed by atoms with Crippen molar-refractivity contribution in [2.24, 2.45) is 5.92 Å². The molecule has 0 saturated heterocycles. The van der Waals surface area contributed by atoms with Crippen molar-refractivity contribution in [2.45, 2.75) is 39.7 Å². The molecule has 0 spiro atoms. The molecule has 0 amide bonds. The molecule has 0 fully saturated rings. The summed E-state index contributed by atoms with van der Waals surface area (Å²) in [6, 6.07) is 0. The van der Waals surface area contributed by atoms with E-state index in [9.17, 15) is 0 Å². The Bertz CT molecular complexity index is 382. The number of hydrogen-bond acceptors (Lipinski definition) is 4. The van der Waals surface area contributed by atoms with Gasteiger partial charge in [0.2, 0.25) is 0 Å². The molecule has 1 atom stereocenters. The molecule has 17 heavy (non-hydrogen) atoms. The Labute approximate surface area is 111 Å². The number of aryl methyl sites for hydroxylation is 1. The van der Waals surface area contributed by atoms with Gasteiger partial charge in [-0.15, -0.1) is 0 Å². The van der Waals surface area contributed by atoms with Crippen LogP contribution < -0.4 is 5.73 Å². The van der Waals surface area contributed by atoms with Gasteiger partial charge in [0.15, 0.2) is 5.82 Å². The topological polar surface area (TPSA) is 61.0 Å². The zero-order valence-electron chi connectivity index (χ0n) is 10.8. The Hall–Kier alpha value is -0.680.